The summed E-state index contributed by atoms with van der Waals surface area (Å²) in [5, 5.41) is 9.90. The Kier molecular flexibility index (Phi) is 3.86. The van der Waals surface area contributed by atoms with Crippen LogP contribution in [0.1, 0.15) is 64.2 Å². The van der Waals surface area contributed by atoms with Crippen LogP contribution >= 0.6 is 0 Å². The molecule has 82 valence electrons. The third-order valence-corrected chi connectivity index (χ3v) is 3.88. The van der Waals surface area contributed by atoms with Gasteiger partial charge < -0.3 is 5.11 Å². The van der Waals surface area contributed by atoms with Gasteiger partial charge in [0, 0.05) is 0 Å². The summed E-state index contributed by atoms with van der Waals surface area (Å²) < 4.78 is 0. The zero-order chi connectivity index (χ0) is 9.80. The molecule has 0 saturated heterocycles. The lowest BCUT2D eigenvalue weighted by molar-refractivity contribution is 0.123. The molecule has 0 aromatic heterocycles. The lowest BCUT2D eigenvalue weighted by Gasteiger charge is -2.18. The van der Waals surface area contributed by atoms with E-state index >= 15 is 0 Å². The van der Waals surface area contributed by atoms with Gasteiger partial charge in [-0.2, -0.15) is 0 Å². The molecule has 2 rings (SSSR count). The molecule has 1 unspecified atom stereocenters. The fraction of sp³-hybridized carbons (Fsp3) is 1.00. The first-order valence-corrected chi connectivity index (χ1v) is 6.52. The van der Waals surface area contributed by atoms with E-state index in [9.17, 15) is 5.11 Å². The molecular weight excluding hydrogens is 172 g/mol. The van der Waals surface area contributed by atoms with Crippen LogP contribution in [0.25, 0.3) is 0 Å². The number of aliphatic hydroxyl groups excluding tert-OH is 1. The maximum absolute atomic E-state index is 9.90. The Balaban J connectivity index is 1.65. The van der Waals surface area contributed by atoms with Crippen LogP contribution in [0.15, 0.2) is 0 Å². The van der Waals surface area contributed by atoms with E-state index in [4.69, 9.17) is 0 Å². The Morgan fingerprint density at radius 1 is 0.786 bits per heavy atom. The number of hydrogen-bond acceptors (Lipinski definition) is 1. The van der Waals surface area contributed by atoms with Gasteiger partial charge in [-0.3, -0.25) is 0 Å². The van der Waals surface area contributed by atoms with Crippen molar-refractivity contribution in [2.75, 3.05) is 0 Å². The van der Waals surface area contributed by atoms with Crippen LogP contribution < -0.4 is 0 Å². The molecule has 0 heterocycles. The standard InChI is InChI=1S/C13H24O/c14-13(10-12-7-8-12)9-11-5-3-1-2-4-6-11/h11-14H,1-10H2. The Labute approximate surface area is 87.9 Å². The van der Waals surface area contributed by atoms with Crippen molar-refractivity contribution in [3.05, 3.63) is 0 Å². The van der Waals surface area contributed by atoms with Crippen LogP contribution in [0.2, 0.25) is 0 Å². The monoisotopic (exact) mass is 196 g/mol. The quantitative estimate of drug-likeness (QED) is 0.682. The second-order valence-electron chi connectivity index (χ2n) is 5.43. The number of rotatable bonds is 4. The second-order valence-corrected chi connectivity index (χ2v) is 5.43. The Bertz CT molecular complexity index is 155. The first-order valence-electron chi connectivity index (χ1n) is 6.52. The Hall–Kier alpha value is -0.0400. The molecule has 2 aliphatic carbocycles. The second kappa shape index (κ2) is 5.16. The van der Waals surface area contributed by atoms with Crippen molar-refractivity contribution in [2.24, 2.45) is 11.8 Å². The van der Waals surface area contributed by atoms with Gasteiger partial charge in [0.2, 0.25) is 0 Å². The minimum Gasteiger partial charge on any atom is -0.393 e. The summed E-state index contributed by atoms with van der Waals surface area (Å²) in [5.41, 5.74) is 0. The van der Waals surface area contributed by atoms with E-state index < -0.39 is 0 Å². The molecule has 0 spiro atoms. The van der Waals surface area contributed by atoms with E-state index in [1.807, 2.05) is 0 Å². The molecule has 0 bridgehead atoms. The van der Waals surface area contributed by atoms with Crippen LogP contribution in [-0.4, -0.2) is 11.2 Å². The molecule has 2 fully saturated rings. The van der Waals surface area contributed by atoms with E-state index in [2.05, 4.69) is 0 Å². The summed E-state index contributed by atoms with van der Waals surface area (Å²) >= 11 is 0. The molecular formula is C13H24O. The van der Waals surface area contributed by atoms with Gasteiger partial charge in [0.05, 0.1) is 6.10 Å². The SMILES string of the molecule is OC(CC1CCCCCC1)CC1CC1. The predicted molar refractivity (Wildman–Crippen MR) is 59.2 cm³/mol. The first kappa shape index (κ1) is 10.5. The van der Waals surface area contributed by atoms with Gasteiger partial charge in [-0.05, 0) is 24.7 Å². The van der Waals surface area contributed by atoms with Crippen molar-refractivity contribution in [1.29, 1.82) is 0 Å². The smallest absolute Gasteiger partial charge is 0.0545 e. The van der Waals surface area contributed by atoms with Crippen molar-refractivity contribution in [2.45, 2.75) is 70.3 Å². The maximum Gasteiger partial charge on any atom is 0.0545 e. The summed E-state index contributed by atoms with van der Waals surface area (Å²) in [4.78, 5) is 0. The summed E-state index contributed by atoms with van der Waals surface area (Å²) in [6.07, 6.45) is 13.4. The molecule has 1 nitrogen and oxygen atoms in total. The molecule has 2 aliphatic rings. The lowest BCUT2D eigenvalue weighted by Crippen LogP contribution is -2.14. The highest BCUT2D eigenvalue weighted by molar-refractivity contribution is 4.78. The van der Waals surface area contributed by atoms with Crippen molar-refractivity contribution in [1.82, 2.24) is 0 Å². The van der Waals surface area contributed by atoms with Gasteiger partial charge in [-0.15, -0.1) is 0 Å². The predicted octanol–water partition coefficient (Wildman–Crippen LogP) is 3.51. The van der Waals surface area contributed by atoms with Crippen molar-refractivity contribution in [3.8, 4) is 0 Å². The zero-order valence-electron chi connectivity index (χ0n) is 9.25. The van der Waals surface area contributed by atoms with Gasteiger partial charge in [-0.1, -0.05) is 51.4 Å². The van der Waals surface area contributed by atoms with Crippen LogP contribution in [0.4, 0.5) is 0 Å². The molecule has 1 atom stereocenters. The van der Waals surface area contributed by atoms with Gasteiger partial charge in [-0.25, -0.2) is 0 Å². The molecule has 0 aliphatic heterocycles. The summed E-state index contributed by atoms with van der Waals surface area (Å²) in [6.45, 7) is 0. The van der Waals surface area contributed by atoms with E-state index in [0.717, 1.165) is 24.7 Å². The zero-order valence-corrected chi connectivity index (χ0v) is 9.25. The van der Waals surface area contributed by atoms with E-state index in [-0.39, 0.29) is 6.10 Å². The molecule has 0 aromatic carbocycles. The van der Waals surface area contributed by atoms with E-state index in [1.165, 1.54) is 51.4 Å². The maximum atomic E-state index is 9.90. The highest BCUT2D eigenvalue weighted by atomic mass is 16.3. The van der Waals surface area contributed by atoms with Gasteiger partial charge in [0.1, 0.15) is 0 Å². The minimum atomic E-state index is 0.0191. The number of hydrogen-bond donors (Lipinski definition) is 1. The van der Waals surface area contributed by atoms with Crippen LogP contribution in [-0.2, 0) is 0 Å². The molecule has 0 amide bonds. The van der Waals surface area contributed by atoms with Crippen molar-refractivity contribution >= 4 is 0 Å². The summed E-state index contributed by atoms with van der Waals surface area (Å²) in [7, 11) is 0. The molecule has 0 aromatic rings. The summed E-state index contributed by atoms with van der Waals surface area (Å²) in [5.74, 6) is 1.72. The van der Waals surface area contributed by atoms with Gasteiger partial charge >= 0.3 is 0 Å². The fourth-order valence-corrected chi connectivity index (χ4v) is 2.82. The van der Waals surface area contributed by atoms with Crippen LogP contribution in [0.5, 0.6) is 0 Å². The van der Waals surface area contributed by atoms with E-state index in [1.54, 1.807) is 0 Å². The fourth-order valence-electron chi connectivity index (χ4n) is 2.82. The molecule has 14 heavy (non-hydrogen) atoms. The van der Waals surface area contributed by atoms with Gasteiger partial charge in [0.25, 0.3) is 0 Å². The normalized spacial score (nSPS) is 27.2. The third kappa shape index (κ3) is 3.61. The van der Waals surface area contributed by atoms with Crippen LogP contribution in [0, 0.1) is 11.8 Å². The number of aliphatic hydroxyl groups is 1. The lowest BCUT2D eigenvalue weighted by atomic mass is 9.92. The molecule has 1 N–H and O–H groups in total. The molecule has 2 saturated carbocycles. The third-order valence-electron chi connectivity index (χ3n) is 3.88. The molecule has 1 heteroatoms. The first-order chi connectivity index (χ1) is 6.84. The average Bonchev–Trinajstić information content (AvgIpc) is 2.93. The summed E-state index contributed by atoms with van der Waals surface area (Å²) in [6, 6.07) is 0. The average molecular weight is 196 g/mol. The Morgan fingerprint density at radius 3 is 1.79 bits per heavy atom. The Morgan fingerprint density at radius 2 is 1.29 bits per heavy atom. The van der Waals surface area contributed by atoms with Crippen molar-refractivity contribution in [3.63, 3.8) is 0 Å². The van der Waals surface area contributed by atoms with Crippen LogP contribution in [0.3, 0.4) is 0 Å². The topological polar surface area (TPSA) is 20.2 Å². The molecule has 0 radical (unpaired) electrons. The highest BCUT2D eigenvalue weighted by Gasteiger charge is 2.26. The van der Waals surface area contributed by atoms with Gasteiger partial charge in [0.15, 0.2) is 0 Å². The highest BCUT2D eigenvalue weighted by Crippen LogP contribution is 2.36. The van der Waals surface area contributed by atoms with E-state index in [0.29, 0.717) is 0 Å². The largest absolute Gasteiger partial charge is 0.393 e. The van der Waals surface area contributed by atoms with Crippen molar-refractivity contribution < 1.29 is 5.11 Å². The minimum absolute atomic E-state index is 0.0191.